The highest BCUT2D eigenvalue weighted by Crippen LogP contribution is 2.36. The zero-order chi connectivity index (χ0) is 21.4. The summed E-state index contributed by atoms with van der Waals surface area (Å²) in [6.45, 7) is 5.13. The molecule has 0 aromatic heterocycles. The number of nitrogens with zero attached hydrogens (tertiary/aromatic N) is 2. The van der Waals surface area contributed by atoms with Gasteiger partial charge in [-0.05, 0) is 71.1 Å². The number of likely N-dealkylation sites (N-methyl/N-ethyl adjacent to an activating group) is 1. The number of nitrogens with one attached hydrogen (secondary N) is 1. The van der Waals surface area contributed by atoms with Gasteiger partial charge in [0, 0.05) is 30.7 Å². The molecule has 1 aromatic carbocycles. The zero-order valence-corrected chi connectivity index (χ0v) is 19.2. The van der Waals surface area contributed by atoms with Crippen molar-refractivity contribution < 1.29 is 14.6 Å². The van der Waals surface area contributed by atoms with Crippen LogP contribution in [-0.2, 0) is 6.54 Å². The Balaban J connectivity index is 1.61. The van der Waals surface area contributed by atoms with E-state index in [-0.39, 0.29) is 6.61 Å². The van der Waals surface area contributed by atoms with Crippen molar-refractivity contribution in [1.29, 1.82) is 0 Å². The van der Waals surface area contributed by atoms with Crippen molar-refractivity contribution in [3.05, 3.63) is 23.8 Å². The summed E-state index contributed by atoms with van der Waals surface area (Å²) in [6, 6.07) is 5.92. The average molecular weight is 420 g/mol. The molecule has 1 atom stereocenters. The molecule has 1 unspecified atom stereocenters. The van der Waals surface area contributed by atoms with Crippen LogP contribution in [0.25, 0.3) is 0 Å². The Morgan fingerprint density at radius 1 is 1.13 bits per heavy atom. The lowest BCUT2D eigenvalue weighted by Crippen LogP contribution is -2.54. The van der Waals surface area contributed by atoms with Gasteiger partial charge >= 0.3 is 0 Å². The molecule has 1 aliphatic heterocycles. The minimum absolute atomic E-state index is 0.287. The molecular formula is C24H41N3O3. The SMILES string of the molecule is COc1ccc(OCC(O)CN(C)C)c(CNCC2(N3CCCCC3)CCCC2)c1. The topological polar surface area (TPSA) is 57.2 Å². The number of methoxy groups -OCH3 is 1. The number of rotatable bonds is 11. The summed E-state index contributed by atoms with van der Waals surface area (Å²) >= 11 is 0. The molecule has 2 fully saturated rings. The highest BCUT2D eigenvalue weighted by molar-refractivity contribution is 5.40. The van der Waals surface area contributed by atoms with E-state index in [9.17, 15) is 5.11 Å². The van der Waals surface area contributed by atoms with E-state index in [0.717, 1.165) is 30.2 Å². The van der Waals surface area contributed by atoms with Gasteiger partial charge in [-0.2, -0.15) is 0 Å². The van der Waals surface area contributed by atoms with Gasteiger partial charge in [-0.3, -0.25) is 4.90 Å². The molecule has 2 N–H and O–H groups in total. The fourth-order valence-corrected chi connectivity index (χ4v) is 5.06. The summed E-state index contributed by atoms with van der Waals surface area (Å²) in [4.78, 5) is 4.73. The van der Waals surface area contributed by atoms with E-state index >= 15 is 0 Å². The second kappa shape index (κ2) is 11.3. The molecule has 6 heteroatoms. The van der Waals surface area contributed by atoms with Crippen LogP contribution >= 0.6 is 0 Å². The van der Waals surface area contributed by atoms with Crippen LogP contribution in [0.5, 0.6) is 11.5 Å². The molecule has 1 aliphatic carbocycles. The van der Waals surface area contributed by atoms with Crippen molar-refractivity contribution in [2.24, 2.45) is 0 Å². The molecule has 3 rings (SSSR count). The first-order valence-corrected chi connectivity index (χ1v) is 11.6. The lowest BCUT2D eigenvalue weighted by molar-refractivity contribution is 0.0693. The molecule has 0 bridgehead atoms. The van der Waals surface area contributed by atoms with Gasteiger partial charge in [0.2, 0.25) is 0 Å². The third-order valence-electron chi connectivity index (χ3n) is 6.61. The summed E-state index contributed by atoms with van der Waals surface area (Å²) in [6.07, 6.45) is 8.84. The summed E-state index contributed by atoms with van der Waals surface area (Å²) in [7, 11) is 5.60. The van der Waals surface area contributed by atoms with E-state index in [1.54, 1.807) is 7.11 Å². The van der Waals surface area contributed by atoms with Gasteiger partial charge in [-0.25, -0.2) is 0 Å². The lowest BCUT2D eigenvalue weighted by Gasteiger charge is -2.44. The van der Waals surface area contributed by atoms with Crippen LogP contribution in [-0.4, -0.2) is 80.5 Å². The standard InChI is InChI=1S/C24H41N3O3/c1-26(2)17-21(28)18-30-23-10-9-22(29-3)15-20(23)16-25-19-24(11-5-6-12-24)27-13-7-4-8-14-27/h9-10,15,21,25,28H,4-8,11-14,16-19H2,1-3H3. The number of ether oxygens (including phenoxy) is 2. The Hall–Kier alpha value is -1.34. The summed E-state index contributed by atoms with van der Waals surface area (Å²) in [5.74, 6) is 1.65. The van der Waals surface area contributed by atoms with Crippen molar-refractivity contribution >= 4 is 0 Å². The van der Waals surface area contributed by atoms with Gasteiger partial charge < -0.3 is 24.8 Å². The third kappa shape index (κ3) is 6.33. The van der Waals surface area contributed by atoms with Crippen LogP contribution in [0, 0.1) is 0 Å². The van der Waals surface area contributed by atoms with Crippen LogP contribution in [0.2, 0.25) is 0 Å². The van der Waals surface area contributed by atoms with Crippen molar-refractivity contribution in [2.75, 3.05) is 54.0 Å². The van der Waals surface area contributed by atoms with Gasteiger partial charge in [-0.1, -0.05) is 19.3 Å². The highest BCUT2D eigenvalue weighted by atomic mass is 16.5. The Morgan fingerprint density at radius 2 is 1.87 bits per heavy atom. The molecule has 0 radical (unpaired) electrons. The van der Waals surface area contributed by atoms with Crippen LogP contribution in [0.15, 0.2) is 18.2 Å². The Morgan fingerprint density at radius 3 is 2.53 bits per heavy atom. The van der Waals surface area contributed by atoms with Crippen LogP contribution in [0.1, 0.15) is 50.5 Å². The number of aliphatic hydroxyl groups excluding tert-OH is 1. The average Bonchev–Trinajstić information content (AvgIpc) is 3.23. The van der Waals surface area contributed by atoms with Crippen LogP contribution < -0.4 is 14.8 Å². The monoisotopic (exact) mass is 419 g/mol. The van der Waals surface area contributed by atoms with E-state index in [2.05, 4.69) is 10.2 Å². The molecule has 2 aliphatic rings. The Labute approximate surface area is 182 Å². The minimum atomic E-state index is -0.510. The summed E-state index contributed by atoms with van der Waals surface area (Å²) < 4.78 is 11.4. The van der Waals surface area contributed by atoms with Gasteiger partial charge in [-0.15, -0.1) is 0 Å². The van der Waals surface area contributed by atoms with Crippen molar-refractivity contribution in [3.63, 3.8) is 0 Å². The molecule has 30 heavy (non-hydrogen) atoms. The molecule has 6 nitrogen and oxygen atoms in total. The molecular weight excluding hydrogens is 378 g/mol. The number of piperidine rings is 1. The van der Waals surface area contributed by atoms with Gasteiger partial charge in [0.05, 0.1) is 7.11 Å². The predicted molar refractivity (Wildman–Crippen MR) is 121 cm³/mol. The maximum atomic E-state index is 10.2. The second-order valence-corrected chi connectivity index (χ2v) is 9.28. The van der Waals surface area contributed by atoms with Crippen molar-refractivity contribution in [3.8, 4) is 11.5 Å². The van der Waals surface area contributed by atoms with E-state index in [1.165, 1.54) is 58.0 Å². The first-order valence-electron chi connectivity index (χ1n) is 11.6. The smallest absolute Gasteiger partial charge is 0.124 e. The maximum Gasteiger partial charge on any atom is 0.124 e. The van der Waals surface area contributed by atoms with Crippen LogP contribution in [0.4, 0.5) is 0 Å². The fraction of sp³-hybridized carbons (Fsp3) is 0.750. The maximum absolute atomic E-state index is 10.2. The minimum Gasteiger partial charge on any atom is -0.497 e. The van der Waals surface area contributed by atoms with Crippen LogP contribution in [0.3, 0.4) is 0 Å². The fourth-order valence-electron chi connectivity index (χ4n) is 5.06. The summed E-state index contributed by atoms with van der Waals surface area (Å²) in [5.41, 5.74) is 1.40. The largest absolute Gasteiger partial charge is 0.497 e. The molecule has 1 heterocycles. The molecule has 170 valence electrons. The Kier molecular flexibility index (Phi) is 8.81. The molecule has 0 spiro atoms. The quantitative estimate of drug-likeness (QED) is 0.575. The van der Waals surface area contributed by atoms with Gasteiger partial charge in [0.15, 0.2) is 0 Å². The van der Waals surface area contributed by atoms with Crippen molar-refractivity contribution in [1.82, 2.24) is 15.1 Å². The predicted octanol–water partition coefficient (Wildman–Crippen LogP) is 2.88. The highest BCUT2D eigenvalue weighted by Gasteiger charge is 2.39. The van der Waals surface area contributed by atoms with E-state index < -0.39 is 6.10 Å². The molecule has 1 saturated carbocycles. The second-order valence-electron chi connectivity index (χ2n) is 9.28. The number of benzene rings is 1. The van der Waals surface area contributed by atoms with E-state index in [1.807, 2.05) is 37.2 Å². The lowest BCUT2D eigenvalue weighted by atomic mass is 9.92. The Bertz CT molecular complexity index is 641. The number of likely N-dealkylation sites (tertiary alicyclic amines) is 1. The third-order valence-corrected chi connectivity index (χ3v) is 6.61. The number of hydrogen-bond donors (Lipinski definition) is 2. The molecule has 1 saturated heterocycles. The van der Waals surface area contributed by atoms with E-state index in [0.29, 0.717) is 12.1 Å². The normalized spacial score (nSPS) is 20.4. The number of hydrogen-bond acceptors (Lipinski definition) is 6. The molecule has 0 amide bonds. The summed E-state index contributed by atoms with van der Waals surface area (Å²) in [5, 5.41) is 13.9. The van der Waals surface area contributed by atoms with Gasteiger partial charge in [0.1, 0.15) is 24.2 Å². The van der Waals surface area contributed by atoms with Gasteiger partial charge in [0.25, 0.3) is 0 Å². The first kappa shape index (κ1) is 23.3. The zero-order valence-electron chi connectivity index (χ0n) is 19.2. The van der Waals surface area contributed by atoms with E-state index in [4.69, 9.17) is 9.47 Å². The van der Waals surface area contributed by atoms with Crippen molar-refractivity contribution in [2.45, 2.75) is 63.1 Å². The first-order chi connectivity index (χ1) is 14.5. The number of aliphatic hydroxyl groups is 1. The molecule has 1 aromatic rings.